The molecule has 1 aliphatic rings. The molecule has 2 aromatic rings. The van der Waals surface area contributed by atoms with Gasteiger partial charge in [0.15, 0.2) is 0 Å². The smallest absolute Gasteiger partial charge is 0.328 e. The Morgan fingerprint density at radius 3 is 2.06 bits per heavy atom. The van der Waals surface area contributed by atoms with E-state index in [2.05, 4.69) is 10.2 Å². The predicted molar refractivity (Wildman–Crippen MR) is 135 cm³/mol. The van der Waals surface area contributed by atoms with Gasteiger partial charge in [0, 0.05) is 24.4 Å². The van der Waals surface area contributed by atoms with Crippen LogP contribution in [0.15, 0.2) is 48.6 Å². The van der Waals surface area contributed by atoms with Crippen LogP contribution < -0.4 is 10.1 Å². The van der Waals surface area contributed by atoms with Gasteiger partial charge in [0.1, 0.15) is 12.4 Å². The van der Waals surface area contributed by atoms with E-state index in [0.29, 0.717) is 25.2 Å². The quantitative estimate of drug-likeness (QED) is 0.463. The third-order valence-corrected chi connectivity index (χ3v) is 5.58. The van der Waals surface area contributed by atoms with Crippen LogP contribution in [0.5, 0.6) is 5.75 Å². The van der Waals surface area contributed by atoms with E-state index in [1.165, 1.54) is 25.9 Å². The van der Waals surface area contributed by atoms with Gasteiger partial charge >= 0.3 is 11.9 Å². The highest BCUT2D eigenvalue weighted by molar-refractivity contribution is 5.92. The van der Waals surface area contributed by atoms with Gasteiger partial charge in [-0.3, -0.25) is 9.69 Å². The summed E-state index contributed by atoms with van der Waals surface area (Å²) in [6.45, 7) is 10.2. The number of nitrogens with zero attached hydrogens (tertiary/aromatic N) is 1. The van der Waals surface area contributed by atoms with E-state index in [1.54, 1.807) is 0 Å². The van der Waals surface area contributed by atoms with Crippen LogP contribution in [0.4, 0.5) is 5.69 Å². The van der Waals surface area contributed by atoms with Crippen molar-refractivity contribution in [3.8, 4) is 5.75 Å². The lowest BCUT2D eigenvalue weighted by molar-refractivity contribution is -0.134. The van der Waals surface area contributed by atoms with Crippen molar-refractivity contribution in [3.05, 3.63) is 70.8 Å². The standard InChI is InChI=1S/C23H30N2O2.C4H4O4/c1-17-8-4-5-9-20(17)16-22(26)24-21-14-18(2)23(19(3)15-21)27-13-12-25-10-6-7-11-25;5-3(6)1-2-4(7)8/h4-5,8-9,14-15H,6-7,10-13,16H2,1-3H3,(H,24,26);1-2H,(H,5,6)(H,7,8)/b;2-1+. The molecule has 1 amide bonds. The largest absolute Gasteiger partial charge is 0.492 e. The van der Waals surface area contributed by atoms with Crippen molar-refractivity contribution in [2.75, 3.05) is 31.6 Å². The summed E-state index contributed by atoms with van der Waals surface area (Å²) in [5.74, 6) is -1.57. The van der Waals surface area contributed by atoms with E-state index in [4.69, 9.17) is 14.9 Å². The molecule has 1 aliphatic heterocycles. The molecule has 0 aromatic heterocycles. The average molecular weight is 483 g/mol. The highest BCUT2D eigenvalue weighted by Crippen LogP contribution is 2.27. The van der Waals surface area contributed by atoms with Crippen LogP contribution in [-0.2, 0) is 20.8 Å². The number of hydrogen-bond donors (Lipinski definition) is 3. The third-order valence-electron chi connectivity index (χ3n) is 5.58. The highest BCUT2D eigenvalue weighted by atomic mass is 16.5. The van der Waals surface area contributed by atoms with E-state index in [1.807, 2.05) is 57.2 Å². The maximum atomic E-state index is 12.4. The van der Waals surface area contributed by atoms with Gasteiger partial charge in [-0.05, 0) is 81.1 Å². The molecule has 0 radical (unpaired) electrons. The molecule has 0 bridgehead atoms. The summed E-state index contributed by atoms with van der Waals surface area (Å²) in [7, 11) is 0. The first kappa shape index (κ1) is 27.6. The lowest BCUT2D eigenvalue weighted by Crippen LogP contribution is -2.25. The SMILES string of the molecule is Cc1ccccc1CC(=O)Nc1cc(C)c(OCCN2CCCC2)c(C)c1.O=C(O)/C=C/C(=O)O. The maximum Gasteiger partial charge on any atom is 0.328 e. The van der Waals surface area contributed by atoms with Crippen molar-refractivity contribution < 1.29 is 29.3 Å². The van der Waals surface area contributed by atoms with Crippen LogP contribution in [0.1, 0.15) is 35.1 Å². The number of amides is 1. The fraction of sp³-hybridized carbons (Fsp3) is 0.370. The summed E-state index contributed by atoms with van der Waals surface area (Å²) in [5.41, 5.74) is 5.15. The number of nitrogens with one attached hydrogen (secondary N) is 1. The topological polar surface area (TPSA) is 116 Å². The minimum atomic E-state index is -1.26. The number of aliphatic carboxylic acids is 2. The van der Waals surface area contributed by atoms with Crippen molar-refractivity contribution in [3.63, 3.8) is 0 Å². The minimum absolute atomic E-state index is 0.00537. The number of hydrogen-bond acceptors (Lipinski definition) is 5. The summed E-state index contributed by atoms with van der Waals surface area (Å²) >= 11 is 0. The fourth-order valence-corrected chi connectivity index (χ4v) is 3.86. The molecular formula is C27H34N2O6. The Bertz CT molecular complexity index is 1020. The van der Waals surface area contributed by atoms with Crippen molar-refractivity contribution in [1.29, 1.82) is 0 Å². The second kappa shape index (κ2) is 13.9. The first-order valence-corrected chi connectivity index (χ1v) is 11.6. The molecule has 8 nitrogen and oxygen atoms in total. The molecule has 0 saturated carbocycles. The van der Waals surface area contributed by atoms with Gasteiger partial charge in [0.05, 0.1) is 6.42 Å². The second-order valence-electron chi connectivity index (χ2n) is 8.50. The molecule has 0 atom stereocenters. The summed E-state index contributed by atoms with van der Waals surface area (Å²) in [6, 6.07) is 12.0. The summed E-state index contributed by atoms with van der Waals surface area (Å²) < 4.78 is 6.05. The summed E-state index contributed by atoms with van der Waals surface area (Å²) in [6.07, 6.45) is 4.10. The van der Waals surface area contributed by atoms with Gasteiger partial charge in [-0.1, -0.05) is 24.3 Å². The van der Waals surface area contributed by atoms with Gasteiger partial charge in [0.25, 0.3) is 0 Å². The molecule has 0 unspecified atom stereocenters. The number of likely N-dealkylation sites (tertiary alicyclic amines) is 1. The summed E-state index contributed by atoms with van der Waals surface area (Å²) in [4.78, 5) is 34.0. The number of carbonyl (C=O) groups excluding carboxylic acids is 1. The number of carboxylic acid groups (broad SMARTS) is 2. The van der Waals surface area contributed by atoms with Crippen LogP contribution in [0.3, 0.4) is 0 Å². The maximum absolute atomic E-state index is 12.4. The molecule has 3 rings (SSSR count). The van der Waals surface area contributed by atoms with Crippen LogP contribution in [0, 0.1) is 20.8 Å². The van der Waals surface area contributed by atoms with Gasteiger partial charge in [0.2, 0.25) is 5.91 Å². The lowest BCUT2D eigenvalue weighted by atomic mass is 10.1. The van der Waals surface area contributed by atoms with Crippen molar-refractivity contribution in [2.45, 2.75) is 40.0 Å². The molecule has 35 heavy (non-hydrogen) atoms. The Morgan fingerprint density at radius 1 is 0.943 bits per heavy atom. The van der Waals surface area contributed by atoms with Crippen LogP contribution >= 0.6 is 0 Å². The van der Waals surface area contributed by atoms with Crippen LogP contribution in [-0.4, -0.2) is 59.2 Å². The zero-order valence-electron chi connectivity index (χ0n) is 20.5. The zero-order valence-corrected chi connectivity index (χ0v) is 20.5. The Balaban J connectivity index is 0.000000466. The second-order valence-corrected chi connectivity index (χ2v) is 8.50. The first-order chi connectivity index (χ1) is 16.7. The van der Waals surface area contributed by atoms with Gasteiger partial charge in [-0.15, -0.1) is 0 Å². The summed E-state index contributed by atoms with van der Waals surface area (Å²) in [5, 5.41) is 18.6. The molecule has 1 heterocycles. The fourth-order valence-electron chi connectivity index (χ4n) is 3.86. The number of ether oxygens (including phenoxy) is 1. The van der Waals surface area contributed by atoms with Crippen molar-refractivity contribution in [2.24, 2.45) is 0 Å². The molecular weight excluding hydrogens is 448 g/mol. The van der Waals surface area contributed by atoms with E-state index >= 15 is 0 Å². The molecule has 0 spiro atoms. The molecule has 1 saturated heterocycles. The van der Waals surface area contributed by atoms with E-state index in [9.17, 15) is 14.4 Å². The molecule has 3 N–H and O–H groups in total. The molecule has 8 heteroatoms. The van der Waals surface area contributed by atoms with Crippen molar-refractivity contribution >= 4 is 23.5 Å². The number of benzene rings is 2. The number of aryl methyl sites for hydroxylation is 3. The Labute approximate surface area is 206 Å². The van der Waals surface area contributed by atoms with Crippen LogP contribution in [0.2, 0.25) is 0 Å². The Kier molecular flexibility index (Phi) is 11.0. The Morgan fingerprint density at radius 2 is 1.51 bits per heavy atom. The highest BCUT2D eigenvalue weighted by Gasteiger charge is 2.13. The minimum Gasteiger partial charge on any atom is -0.492 e. The Hall–Kier alpha value is -3.65. The van der Waals surface area contributed by atoms with E-state index < -0.39 is 11.9 Å². The number of carboxylic acids is 2. The molecule has 188 valence electrons. The van der Waals surface area contributed by atoms with Crippen molar-refractivity contribution in [1.82, 2.24) is 4.90 Å². The normalized spacial score (nSPS) is 13.2. The third kappa shape index (κ3) is 10.0. The monoisotopic (exact) mass is 482 g/mol. The average Bonchev–Trinajstić information content (AvgIpc) is 3.30. The molecule has 2 aromatic carbocycles. The predicted octanol–water partition coefficient (Wildman–Crippen LogP) is 3.98. The van der Waals surface area contributed by atoms with E-state index in [0.717, 1.165) is 40.2 Å². The molecule has 1 fully saturated rings. The van der Waals surface area contributed by atoms with Crippen LogP contribution in [0.25, 0.3) is 0 Å². The number of anilines is 1. The first-order valence-electron chi connectivity index (χ1n) is 11.6. The number of carbonyl (C=O) groups is 3. The van der Waals surface area contributed by atoms with Gasteiger partial charge < -0.3 is 20.3 Å². The van der Waals surface area contributed by atoms with Gasteiger partial charge in [-0.2, -0.15) is 0 Å². The van der Waals surface area contributed by atoms with E-state index in [-0.39, 0.29) is 5.91 Å². The number of rotatable bonds is 9. The zero-order chi connectivity index (χ0) is 25.8. The lowest BCUT2D eigenvalue weighted by Gasteiger charge is -2.18. The molecule has 0 aliphatic carbocycles. The van der Waals surface area contributed by atoms with Gasteiger partial charge in [-0.25, -0.2) is 9.59 Å².